The average Bonchev–Trinajstić information content (AvgIpc) is 2.84. The van der Waals surface area contributed by atoms with Crippen LogP contribution in [0.15, 0.2) is 30.3 Å². The molecule has 0 spiro atoms. The van der Waals surface area contributed by atoms with Crippen LogP contribution in [0.4, 0.5) is 0 Å². The highest BCUT2D eigenvalue weighted by Crippen LogP contribution is 2.21. The van der Waals surface area contributed by atoms with E-state index in [2.05, 4.69) is 0 Å². The van der Waals surface area contributed by atoms with Crippen molar-refractivity contribution in [1.29, 1.82) is 0 Å². The van der Waals surface area contributed by atoms with Gasteiger partial charge in [-0.15, -0.1) is 0 Å². The topological polar surface area (TPSA) is 36.9 Å². The van der Waals surface area contributed by atoms with Gasteiger partial charge in [0.2, 0.25) is 0 Å². The SMILES string of the molecule is CCO[Si](CCCCCCCCCCCCCCCCCOc1ccccc1)(OCC)OCC. The minimum absolute atomic E-state index is 0.677. The first-order valence-electron chi connectivity index (χ1n) is 14.4. The van der Waals surface area contributed by atoms with Gasteiger partial charge in [0.1, 0.15) is 5.75 Å². The monoisotopic (exact) mass is 494 g/mol. The first-order chi connectivity index (χ1) is 16.8. The summed E-state index contributed by atoms with van der Waals surface area (Å²) in [5.74, 6) is 0.993. The molecule has 0 saturated heterocycles. The molecule has 1 aromatic carbocycles. The van der Waals surface area contributed by atoms with Crippen LogP contribution in [0.3, 0.4) is 0 Å². The zero-order valence-corrected chi connectivity index (χ0v) is 23.7. The number of unbranched alkanes of at least 4 members (excludes halogenated alkanes) is 14. The Bertz CT molecular complexity index is 523. The second-order valence-electron chi connectivity index (χ2n) is 9.20. The molecule has 0 aliphatic carbocycles. The smallest absolute Gasteiger partial charge is 0.494 e. The van der Waals surface area contributed by atoms with Crippen molar-refractivity contribution in [2.45, 2.75) is 123 Å². The van der Waals surface area contributed by atoms with Gasteiger partial charge < -0.3 is 18.0 Å². The van der Waals surface area contributed by atoms with Crippen LogP contribution in [0, 0.1) is 0 Å². The van der Waals surface area contributed by atoms with Gasteiger partial charge in [0.15, 0.2) is 0 Å². The van der Waals surface area contributed by atoms with Gasteiger partial charge in [0, 0.05) is 25.9 Å². The van der Waals surface area contributed by atoms with E-state index >= 15 is 0 Å². The number of para-hydroxylation sites is 1. The Morgan fingerprint density at radius 3 is 1.29 bits per heavy atom. The average molecular weight is 495 g/mol. The molecule has 1 aromatic rings. The lowest BCUT2D eigenvalue weighted by atomic mass is 10.0. The third-order valence-electron chi connectivity index (χ3n) is 6.23. The van der Waals surface area contributed by atoms with E-state index in [1.807, 2.05) is 51.1 Å². The van der Waals surface area contributed by atoms with E-state index in [1.54, 1.807) is 0 Å². The Kier molecular flexibility index (Phi) is 20.7. The second-order valence-corrected chi connectivity index (χ2v) is 11.9. The Balaban J connectivity index is 1.82. The lowest BCUT2D eigenvalue weighted by Gasteiger charge is -2.28. The number of ether oxygens (including phenoxy) is 1. The maximum absolute atomic E-state index is 5.94. The van der Waals surface area contributed by atoms with E-state index in [0.29, 0.717) is 19.8 Å². The number of benzene rings is 1. The molecule has 0 N–H and O–H groups in total. The molecule has 0 amide bonds. The van der Waals surface area contributed by atoms with E-state index in [4.69, 9.17) is 18.0 Å². The predicted octanol–water partition coefficient (Wildman–Crippen LogP) is 8.97. The van der Waals surface area contributed by atoms with Crippen LogP contribution in [-0.2, 0) is 13.3 Å². The fraction of sp³-hybridized carbons (Fsp3) is 0.793. The minimum Gasteiger partial charge on any atom is -0.494 e. The first kappa shape index (κ1) is 31.1. The molecule has 0 fully saturated rings. The molecule has 0 saturated carbocycles. The normalized spacial score (nSPS) is 11.7. The Morgan fingerprint density at radius 1 is 0.500 bits per heavy atom. The number of rotatable bonds is 25. The van der Waals surface area contributed by atoms with Gasteiger partial charge in [-0.1, -0.05) is 102 Å². The van der Waals surface area contributed by atoms with E-state index in [0.717, 1.165) is 24.8 Å². The molecule has 0 aromatic heterocycles. The van der Waals surface area contributed by atoms with E-state index in [-0.39, 0.29) is 0 Å². The lowest BCUT2D eigenvalue weighted by molar-refractivity contribution is 0.0706. The molecule has 0 aliphatic rings. The summed E-state index contributed by atoms with van der Waals surface area (Å²) in [6.07, 6.45) is 20.1. The molecule has 198 valence electrons. The van der Waals surface area contributed by atoms with Gasteiger partial charge in [-0.2, -0.15) is 0 Å². The summed E-state index contributed by atoms with van der Waals surface area (Å²) >= 11 is 0. The molecule has 1 rings (SSSR count). The Hall–Kier alpha value is -0.883. The van der Waals surface area contributed by atoms with Crippen LogP contribution in [0.5, 0.6) is 5.75 Å². The van der Waals surface area contributed by atoms with Gasteiger partial charge in [-0.05, 0) is 45.7 Å². The molecule has 0 unspecified atom stereocenters. The standard InChI is InChI=1S/C29H54O4Si/c1-4-31-34(32-5-2,33-6-3)28-24-19-17-15-13-11-9-7-8-10-12-14-16-18-23-27-30-29-25-21-20-22-26-29/h20-22,25-26H,4-19,23-24,27-28H2,1-3H3. The molecule has 0 bridgehead atoms. The van der Waals surface area contributed by atoms with Gasteiger partial charge in [0.05, 0.1) is 6.61 Å². The molecule has 34 heavy (non-hydrogen) atoms. The highest BCUT2D eigenvalue weighted by molar-refractivity contribution is 6.60. The van der Waals surface area contributed by atoms with Crippen LogP contribution in [-0.4, -0.2) is 35.2 Å². The molecular weight excluding hydrogens is 440 g/mol. The molecular formula is C29H54O4Si. The van der Waals surface area contributed by atoms with Gasteiger partial charge in [-0.3, -0.25) is 0 Å². The summed E-state index contributed by atoms with van der Waals surface area (Å²) in [4.78, 5) is 0. The van der Waals surface area contributed by atoms with Crippen LogP contribution < -0.4 is 4.74 Å². The van der Waals surface area contributed by atoms with E-state index in [9.17, 15) is 0 Å². The summed E-state index contributed by atoms with van der Waals surface area (Å²) in [6, 6.07) is 11.1. The molecule has 0 radical (unpaired) electrons. The van der Waals surface area contributed by atoms with Gasteiger partial charge >= 0.3 is 8.80 Å². The van der Waals surface area contributed by atoms with Crippen molar-refractivity contribution in [2.24, 2.45) is 0 Å². The van der Waals surface area contributed by atoms with Gasteiger partial charge in [-0.25, -0.2) is 0 Å². The minimum atomic E-state index is -2.42. The van der Waals surface area contributed by atoms with Crippen LogP contribution in [0.2, 0.25) is 6.04 Å². The third-order valence-corrected chi connectivity index (χ3v) is 9.38. The van der Waals surface area contributed by atoms with Crippen molar-refractivity contribution in [3.05, 3.63) is 30.3 Å². The summed E-state index contributed by atoms with van der Waals surface area (Å²) in [6.45, 7) is 8.98. The molecule has 0 atom stereocenters. The number of hydrogen-bond donors (Lipinski definition) is 0. The first-order valence-corrected chi connectivity index (χ1v) is 16.3. The molecule has 0 heterocycles. The van der Waals surface area contributed by atoms with Crippen LogP contribution >= 0.6 is 0 Å². The Morgan fingerprint density at radius 2 is 0.882 bits per heavy atom. The molecule has 5 heteroatoms. The Labute approximate surface area is 212 Å². The van der Waals surface area contributed by atoms with Crippen molar-refractivity contribution in [1.82, 2.24) is 0 Å². The second kappa shape index (κ2) is 22.6. The van der Waals surface area contributed by atoms with Crippen molar-refractivity contribution in [3.63, 3.8) is 0 Å². The highest BCUT2D eigenvalue weighted by atomic mass is 28.4. The van der Waals surface area contributed by atoms with Crippen LogP contribution in [0.25, 0.3) is 0 Å². The van der Waals surface area contributed by atoms with Crippen molar-refractivity contribution < 1.29 is 18.0 Å². The fourth-order valence-electron chi connectivity index (χ4n) is 4.45. The summed E-state index contributed by atoms with van der Waals surface area (Å²) in [5.41, 5.74) is 0. The third kappa shape index (κ3) is 16.7. The van der Waals surface area contributed by atoms with Crippen molar-refractivity contribution in [3.8, 4) is 5.75 Å². The maximum Gasteiger partial charge on any atom is 0.500 e. The zero-order valence-electron chi connectivity index (χ0n) is 22.7. The summed E-state index contributed by atoms with van der Waals surface area (Å²) in [5, 5.41) is 0. The van der Waals surface area contributed by atoms with Crippen molar-refractivity contribution >= 4 is 8.80 Å². The quantitative estimate of drug-likeness (QED) is 0.100. The van der Waals surface area contributed by atoms with E-state index < -0.39 is 8.80 Å². The molecule has 0 aliphatic heterocycles. The van der Waals surface area contributed by atoms with Crippen LogP contribution in [0.1, 0.15) is 117 Å². The summed E-state index contributed by atoms with van der Waals surface area (Å²) < 4.78 is 23.6. The van der Waals surface area contributed by atoms with Gasteiger partial charge in [0.25, 0.3) is 0 Å². The predicted molar refractivity (Wildman–Crippen MR) is 147 cm³/mol. The van der Waals surface area contributed by atoms with E-state index in [1.165, 1.54) is 89.9 Å². The fourth-order valence-corrected chi connectivity index (χ4v) is 7.14. The molecule has 4 nitrogen and oxygen atoms in total. The van der Waals surface area contributed by atoms with Crippen molar-refractivity contribution in [2.75, 3.05) is 26.4 Å². The number of hydrogen-bond acceptors (Lipinski definition) is 4. The highest BCUT2D eigenvalue weighted by Gasteiger charge is 2.39. The largest absolute Gasteiger partial charge is 0.500 e. The maximum atomic E-state index is 5.94. The summed E-state index contributed by atoms with van der Waals surface area (Å²) in [7, 11) is -2.42. The zero-order chi connectivity index (χ0) is 24.6. The lowest BCUT2D eigenvalue weighted by Crippen LogP contribution is -2.45.